The molecule has 0 unspecified atom stereocenters. The van der Waals surface area contributed by atoms with E-state index in [-0.39, 0.29) is 24.6 Å². The van der Waals surface area contributed by atoms with Crippen LogP contribution >= 0.6 is 11.6 Å². The largest absolute Gasteiger partial charge is 0.478 e. The first-order valence-electron chi connectivity index (χ1n) is 5.12. The van der Waals surface area contributed by atoms with E-state index in [2.05, 4.69) is 0 Å². The molecule has 0 spiro atoms. The molecule has 1 amide bonds. The Bertz CT molecular complexity index is 453. The zero-order valence-electron chi connectivity index (χ0n) is 8.88. The SMILES string of the molecule is O=C1COc2c(F)ccc(F)c2N1CCCCl. The zero-order chi connectivity index (χ0) is 12.4. The maximum absolute atomic E-state index is 13.6. The van der Waals surface area contributed by atoms with Gasteiger partial charge in [-0.15, -0.1) is 11.6 Å². The van der Waals surface area contributed by atoms with Crippen LogP contribution in [-0.2, 0) is 4.79 Å². The van der Waals surface area contributed by atoms with E-state index in [1.54, 1.807) is 0 Å². The summed E-state index contributed by atoms with van der Waals surface area (Å²) in [6.45, 7) is -0.0330. The molecule has 1 aliphatic rings. The van der Waals surface area contributed by atoms with Gasteiger partial charge in [0.15, 0.2) is 24.0 Å². The standard InChI is InChI=1S/C11H10ClF2NO2/c12-4-1-5-15-9(16)6-17-11-8(14)3-2-7(13)10(11)15/h2-3H,1,4-6H2. The lowest BCUT2D eigenvalue weighted by atomic mass is 10.2. The van der Waals surface area contributed by atoms with Crippen molar-refractivity contribution >= 4 is 23.2 Å². The van der Waals surface area contributed by atoms with E-state index in [1.807, 2.05) is 0 Å². The van der Waals surface area contributed by atoms with Crippen LogP contribution in [0.5, 0.6) is 5.75 Å². The molecule has 0 atom stereocenters. The number of fused-ring (bicyclic) bond motifs is 1. The highest BCUT2D eigenvalue weighted by Gasteiger charge is 2.30. The van der Waals surface area contributed by atoms with Crippen LogP contribution in [0.2, 0.25) is 0 Å². The molecule has 0 radical (unpaired) electrons. The zero-order valence-corrected chi connectivity index (χ0v) is 9.64. The van der Waals surface area contributed by atoms with Crippen LogP contribution in [0.4, 0.5) is 14.5 Å². The molecule has 0 saturated heterocycles. The molecular formula is C11H10ClF2NO2. The van der Waals surface area contributed by atoms with Gasteiger partial charge in [0.25, 0.3) is 5.91 Å². The van der Waals surface area contributed by atoms with Gasteiger partial charge in [-0.05, 0) is 18.6 Å². The number of ether oxygens (including phenoxy) is 1. The van der Waals surface area contributed by atoms with Gasteiger partial charge in [-0.3, -0.25) is 4.79 Å². The van der Waals surface area contributed by atoms with E-state index >= 15 is 0 Å². The monoisotopic (exact) mass is 261 g/mol. The van der Waals surface area contributed by atoms with Crippen molar-refractivity contribution in [3.8, 4) is 5.75 Å². The topological polar surface area (TPSA) is 29.5 Å². The van der Waals surface area contributed by atoms with Gasteiger partial charge in [0.2, 0.25) is 0 Å². The Morgan fingerprint density at radius 2 is 2.06 bits per heavy atom. The van der Waals surface area contributed by atoms with Crippen LogP contribution in [0.25, 0.3) is 0 Å². The summed E-state index contributed by atoms with van der Waals surface area (Å²) in [5, 5.41) is 0. The highest BCUT2D eigenvalue weighted by Crippen LogP contribution is 2.36. The van der Waals surface area contributed by atoms with Crippen LogP contribution in [0, 0.1) is 11.6 Å². The fourth-order valence-electron chi connectivity index (χ4n) is 1.70. The van der Waals surface area contributed by atoms with E-state index in [0.29, 0.717) is 12.3 Å². The number of rotatable bonds is 3. The van der Waals surface area contributed by atoms with Gasteiger partial charge < -0.3 is 9.64 Å². The van der Waals surface area contributed by atoms with Gasteiger partial charge in [0, 0.05) is 12.4 Å². The number of carbonyl (C=O) groups excluding carboxylic acids is 1. The number of hydrogen-bond donors (Lipinski definition) is 0. The van der Waals surface area contributed by atoms with Crippen molar-refractivity contribution in [1.82, 2.24) is 0 Å². The van der Waals surface area contributed by atoms with Crippen LogP contribution in [0.15, 0.2) is 12.1 Å². The number of amides is 1. The second-order valence-corrected chi connectivity index (χ2v) is 3.96. The van der Waals surface area contributed by atoms with Crippen molar-refractivity contribution in [1.29, 1.82) is 0 Å². The van der Waals surface area contributed by atoms with Crippen molar-refractivity contribution in [3.05, 3.63) is 23.8 Å². The summed E-state index contributed by atoms with van der Waals surface area (Å²) in [6, 6.07) is 1.95. The minimum atomic E-state index is -0.677. The number of hydrogen-bond acceptors (Lipinski definition) is 2. The molecule has 1 aromatic rings. The van der Waals surface area contributed by atoms with Crippen LogP contribution < -0.4 is 9.64 Å². The third kappa shape index (κ3) is 2.20. The van der Waals surface area contributed by atoms with E-state index in [4.69, 9.17) is 16.3 Å². The van der Waals surface area contributed by atoms with Gasteiger partial charge in [-0.2, -0.15) is 0 Å². The van der Waals surface area contributed by atoms with E-state index < -0.39 is 17.5 Å². The third-order valence-electron chi connectivity index (χ3n) is 2.46. The molecule has 6 heteroatoms. The summed E-state index contributed by atoms with van der Waals surface area (Å²) < 4.78 is 32.0. The smallest absolute Gasteiger partial charge is 0.265 e. The van der Waals surface area contributed by atoms with E-state index in [1.165, 1.54) is 4.90 Å². The Morgan fingerprint density at radius 3 is 2.76 bits per heavy atom. The van der Waals surface area contributed by atoms with Crippen LogP contribution in [-0.4, -0.2) is 24.9 Å². The molecule has 1 heterocycles. The fraction of sp³-hybridized carbons (Fsp3) is 0.364. The number of carbonyl (C=O) groups is 1. The number of halogens is 3. The molecular weight excluding hydrogens is 252 g/mol. The molecule has 0 aliphatic carbocycles. The lowest BCUT2D eigenvalue weighted by Crippen LogP contribution is -2.40. The summed E-state index contributed by atoms with van der Waals surface area (Å²) in [4.78, 5) is 12.8. The summed E-state index contributed by atoms with van der Waals surface area (Å²) in [7, 11) is 0. The first kappa shape index (κ1) is 12.1. The molecule has 1 aromatic carbocycles. The molecule has 2 rings (SSSR count). The van der Waals surface area contributed by atoms with Gasteiger partial charge in [-0.1, -0.05) is 0 Å². The summed E-state index contributed by atoms with van der Waals surface area (Å²) >= 11 is 5.53. The maximum atomic E-state index is 13.6. The summed E-state index contributed by atoms with van der Waals surface area (Å²) in [5.74, 6) is -1.61. The van der Waals surface area contributed by atoms with Gasteiger partial charge in [0.05, 0.1) is 0 Å². The van der Waals surface area contributed by atoms with Crippen LogP contribution in [0.3, 0.4) is 0 Å². The highest BCUT2D eigenvalue weighted by molar-refractivity contribution is 6.17. The molecule has 0 fully saturated rings. The molecule has 0 bridgehead atoms. The number of alkyl halides is 1. The molecule has 17 heavy (non-hydrogen) atoms. The second-order valence-electron chi connectivity index (χ2n) is 3.58. The minimum Gasteiger partial charge on any atom is -0.478 e. The summed E-state index contributed by atoms with van der Waals surface area (Å²) in [6.07, 6.45) is 0.503. The molecule has 0 aromatic heterocycles. The minimum absolute atomic E-state index is 0.133. The highest BCUT2D eigenvalue weighted by atomic mass is 35.5. The van der Waals surface area contributed by atoms with Crippen molar-refractivity contribution in [2.75, 3.05) is 23.9 Å². The predicted molar refractivity (Wildman–Crippen MR) is 59.5 cm³/mol. The number of nitrogens with zero attached hydrogens (tertiary/aromatic N) is 1. The van der Waals surface area contributed by atoms with Crippen molar-refractivity contribution < 1.29 is 18.3 Å². The molecule has 92 valence electrons. The van der Waals surface area contributed by atoms with E-state index in [0.717, 1.165) is 12.1 Å². The predicted octanol–water partition coefficient (Wildman–Crippen LogP) is 2.32. The quantitative estimate of drug-likeness (QED) is 0.782. The Morgan fingerprint density at radius 1 is 1.35 bits per heavy atom. The van der Waals surface area contributed by atoms with Gasteiger partial charge in [-0.25, -0.2) is 8.78 Å². The van der Waals surface area contributed by atoms with Crippen molar-refractivity contribution in [3.63, 3.8) is 0 Å². The number of benzene rings is 1. The first-order valence-corrected chi connectivity index (χ1v) is 5.65. The van der Waals surface area contributed by atoms with E-state index in [9.17, 15) is 13.6 Å². The molecule has 3 nitrogen and oxygen atoms in total. The third-order valence-corrected chi connectivity index (χ3v) is 2.73. The Hall–Kier alpha value is -1.36. The first-order chi connectivity index (χ1) is 8.15. The normalized spacial score (nSPS) is 14.5. The molecule has 1 aliphatic heterocycles. The lowest BCUT2D eigenvalue weighted by molar-refractivity contribution is -0.121. The summed E-state index contributed by atoms with van der Waals surface area (Å²) in [5.41, 5.74) is -0.133. The fourth-order valence-corrected chi connectivity index (χ4v) is 1.82. The lowest BCUT2D eigenvalue weighted by Gasteiger charge is -2.29. The van der Waals surface area contributed by atoms with Gasteiger partial charge >= 0.3 is 0 Å². The van der Waals surface area contributed by atoms with Crippen LogP contribution in [0.1, 0.15) is 6.42 Å². The maximum Gasteiger partial charge on any atom is 0.265 e. The second kappa shape index (κ2) is 4.87. The number of anilines is 1. The Labute approximate surface area is 102 Å². The Kier molecular flexibility index (Phi) is 3.47. The average molecular weight is 262 g/mol. The Balaban J connectivity index is 2.43. The molecule has 0 N–H and O–H groups in total. The average Bonchev–Trinajstić information content (AvgIpc) is 2.32. The van der Waals surface area contributed by atoms with Gasteiger partial charge in [0.1, 0.15) is 5.69 Å². The van der Waals surface area contributed by atoms with Crippen molar-refractivity contribution in [2.24, 2.45) is 0 Å². The van der Waals surface area contributed by atoms with Crippen molar-refractivity contribution in [2.45, 2.75) is 6.42 Å². The molecule has 0 saturated carbocycles.